The molecule has 1 fully saturated rings. The van der Waals surface area contributed by atoms with E-state index >= 15 is 0 Å². The molecule has 0 amide bonds. The van der Waals surface area contributed by atoms with E-state index in [2.05, 4.69) is 0 Å². The Hall–Kier alpha value is -1.06. The van der Waals surface area contributed by atoms with E-state index in [9.17, 15) is 5.11 Å². The third-order valence-corrected chi connectivity index (χ3v) is 2.58. The summed E-state index contributed by atoms with van der Waals surface area (Å²) >= 11 is 0. The van der Waals surface area contributed by atoms with Gasteiger partial charge in [0.2, 0.25) is 0 Å². The first-order valence-corrected chi connectivity index (χ1v) is 5.20. The maximum Gasteiger partial charge on any atom is 0.145 e. The summed E-state index contributed by atoms with van der Waals surface area (Å²) in [6.07, 6.45) is -0.231. The molecule has 2 rings (SSSR count). The molecule has 0 bridgehead atoms. The maximum atomic E-state index is 9.42. The topological polar surface area (TPSA) is 38.7 Å². The highest BCUT2D eigenvalue weighted by molar-refractivity contribution is 5.37. The molecule has 1 saturated heterocycles. The van der Waals surface area contributed by atoms with E-state index in [0.717, 1.165) is 16.9 Å². The molecule has 0 radical (unpaired) electrons. The van der Waals surface area contributed by atoms with Crippen LogP contribution in [0.3, 0.4) is 0 Å². The van der Waals surface area contributed by atoms with Gasteiger partial charge in [0.1, 0.15) is 11.9 Å². The second-order valence-corrected chi connectivity index (χ2v) is 3.98. The summed E-state index contributed by atoms with van der Waals surface area (Å²) in [5.74, 6) is 0.882. The van der Waals surface area contributed by atoms with Gasteiger partial charge >= 0.3 is 0 Å². The summed E-state index contributed by atoms with van der Waals surface area (Å²) in [5.41, 5.74) is 1.98. The van der Waals surface area contributed by atoms with Gasteiger partial charge in [-0.15, -0.1) is 0 Å². The zero-order chi connectivity index (χ0) is 10.8. The molecule has 1 heterocycles. The third-order valence-electron chi connectivity index (χ3n) is 2.58. The number of aliphatic hydroxyl groups excluding tert-OH is 1. The molecule has 1 unspecified atom stereocenters. The number of rotatable bonds is 3. The van der Waals surface area contributed by atoms with Gasteiger partial charge in [0, 0.05) is 0 Å². The van der Waals surface area contributed by atoms with E-state index in [1.807, 2.05) is 25.1 Å². The average Bonchev–Trinajstić information content (AvgIpc) is 2.12. The molecule has 3 heteroatoms. The molecule has 1 aromatic rings. The first-order valence-electron chi connectivity index (χ1n) is 5.20. The Kier molecular flexibility index (Phi) is 2.93. The Bertz CT molecular complexity index is 343. The Labute approximate surface area is 89.6 Å². The molecule has 0 aliphatic carbocycles. The van der Waals surface area contributed by atoms with Crippen LogP contribution in [0, 0.1) is 6.92 Å². The number of benzene rings is 1. The van der Waals surface area contributed by atoms with Crippen LogP contribution in [0.5, 0.6) is 5.75 Å². The van der Waals surface area contributed by atoms with Crippen LogP contribution in [-0.2, 0) is 4.74 Å². The first-order chi connectivity index (χ1) is 7.16. The lowest BCUT2D eigenvalue weighted by molar-refractivity contribution is -0.0799. The second kappa shape index (κ2) is 4.21. The van der Waals surface area contributed by atoms with Gasteiger partial charge in [-0.3, -0.25) is 0 Å². The quantitative estimate of drug-likeness (QED) is 0.823. The lowest BCUT2D eigenvalue weighted by Crippen LogP contribution is -2.38. The van der Waals surface area contributed by atoms with Crippen LogP contribution >= 0.6 is 0 Å². The molecule has 1 aromatic carbocycles. The number of aliphatic hydroxyl groups is 1. The minimum atomic E-state index is -0.426. The molecular formula is C12H16O3. The van der Waals surface area contributed by atoms with Crippen LogP contribution in [0.25, 0.3) is 0 Å². The maximum absolute atomic E-state index is 9.42. The number of ether oxygens (including phenoxy) is 2. The highest BCUT2D eigenvalue weighted by Gasteiger charge is 2.20. The van der Waals surface area contributed by atoms with Crippen molar-refractivity contribution in [3.63, 3.8) is 0 Å². The van der Waals surface area contributed by atoms with Crippen LogP contribution < -0.4 is 4.74 Å². The zero-order valence-corrected chi connectivity index (χ0v) is 9.06. The van der Waals surface area contributed by atoms with E-state index in [-0.39, 0.29) is 6.10 Å². The van der Waals surface area contributed by atoms with Gasteiger partial charge in [-0.1, -0.05) is 6.07 Å². The Morgan fingerprint density at radius 3 is 2.67 bits per heavy atom. The minimum absolute atomic E-state index is 0.195. The molecule has 0 spiro atoms. The predicted octanol–water partition coefficient (Wildman–Crippen LogP) is 1.83. The molecule has 15 heavy (non-hydrogen) atoms. The fourth-order valence-electron chi connectivity index (χ4n) is 1.53. The van der Waals surface area contributed by atoms with Gasteiger partial charge < -0.3 is 14.6 Å². The van der Waals surface area contributed by atoms with E-state index < -0.39 is 6.10 Å². The highest BCUT2D eigenvalue weighted by atomic mass is 16.6. The number of aryl methyl sites for hydroxylation is 1. The fourth-order valence-corrected chi connectivity index (χ4v) is 1.53. The van der Waals surface area contributed by atoms with Crippen LogP contribution in [-0.4, -0.2) is 24.4 Å². The normalized spacial score (nSPS) is 18.3. The van der Waals surface area contributed by atoms with Crippen molar-refractivity contribution in [1.82, 2.24) is 0 Å². The summed E-state index contributed by atoms with van der Waals surface area (Å²) in [6.45, 7) is 5.10. The third kappa shape index (κ3) is 2.30. The molecule has 0 saturated carbocycles. The van der Waals surface area contributed by atoms with Crippen LogP contribution in [0.2, 0.25) is 0 Å². The molecular weight excluding hydrogens is 192 g/mol. The molecule has 82 valence electrons. The zero-order valence-electron chi connectivity index (χ0n) is 9.06. The molecule has 3 nitrogen and oxygen atoms in total. The van der Waals surface area contributed by atoms with E-state index in [0.29, 0.717) is 13.2 Å². The van der Waals surface area contributed by atoms with Crippen molar-refractivity contribution in [3.05, 3.63) is 29.3 Å². The summed E-state index contributed by atoms with van der Waals surface area (Å²) in [5, 5.41) is 9.42. The predicted molar refractivity (Wildman–Crippen MR) is 57.0 cm³/mol. The van der Waals surface area contributed by atoms with E-state index in [1.54, 1.807) is 6.92 Å². The lowest BCUT2D eigenvalue weighted by atomic mass is 10.1. The molecule has 1 atom stereocenters. The van der Waals surface area contributed by atoms with Gasteiger partial charge in [0.25, 0.3) is 0 Å². The van der Waals surface area contributed by atoms with Crippen molar-refractivity contribution in [2.45, 2.75) is 26.1 Å². The Morgan fingerprint density at radius 2 is 2.20 bits per heavy atom. The summed E-state index contributed by atoms with van der Waals surface area (Å²) < 4.78 is 10.8. The van der Waals surface area contributed by atoms with Gasteiger partial charge in [-0.25, -0.2) is 0 Å². The molecule has 1 aliphatic heterocycles. The Morgan fingerprint density at radius 1 is 1.47 bits per heavy atom. The van der Waals surface area contributed by atoms with Crippen molar-refractivity contribution in [2.75, 3.05) is 13.2 Å². The van der Waals surface area contributed by atoms with Crippen molar-refractivity contribution in [1.29, 1.82) is 0 Å². The fraction of sp³-hybridized carbons (Fsp3) is 0.500. The minimum Gasteiger partial charge on any atom is -0.485 e. The van der Waals surface area contributed by atoms with Crippen LogP contribution in [0.15, 0.2) is 18.2 Å². The average molecular weight is 208 g/mol. The van der Waals surface area contributed by atoms with E-state index in [4.69, 9.17) is 9.47 Å². The summed E-state index contributed by atoms with van der Waals surface area (Å²) in [7, 11) is 0. The molecule has 1 N–H and O–H groups in total. The van der Waals surface area contributed by atoms with Crippen molar-refractivity contribution in [2.24, 2.45) is 0 Å². The Balaban J connectivity index is 2.11. The van der Waals surface area contributed by atoms with Crippen molar-refractivity contribution < 1.29 is 14.6 Å². The van der Waals surface area contributed by atoms with Crippen LogP contribution in [0.4, 0.5) is 0 Å². The summed E-state index contributed by atoms with van der Waals surface area (Å²) in [6, 6.07) is 5.77. The largest absolute Gasteiger partial charge is 0.485 e. The number of hydrogen-bond donors (Lipinski definition) is 1. The van der Waals surface area contributed by atoms with Crippen molar-refractivity contribution >= 4 is 0 Å². The van der Waals surface area contributed by atoms with Gasteiger partial charge in [-0.05, 0) is 37.1 Å². The SMILES string of the molecule is Cc1cc(C(C)O)ccc1OC1COC1. The second-order valence-electron chi connectivity index (χ2n) is 3.98. The monoisotopic (exact) mass is 208 g/mol. The standard InChI is InChI=1S/C12H16O3/c1-8-5-10(9(2)13)3-4-12(8)15-11-6-14-7-11/h3-5,9,11,13H,6-7H2,1-2H3. The lowest BCUT2D eigenvalue weighted by Gasteiger charge is -2.27. The molecule has 0 aromatic heterocycles. The molecule has 1 aliphatic rings. The van der Waals surface area contributed by atoms with Crippen molar-refractivity contribution in [3.8, 4) is 5.75 Å². The van der Waals surface area contributed by atoms with E-state index in [1.165, 1.54) is 0 Å². The summed E-state index contributed by atoms with van der Waals surface area (Å²) in [4.78, 5) is 0. The number of hydrogen-bond acceptors (Lipinski definition) is 3. The van der Waals surface area contributed by atoms with Gasteiger partial charge in [0.05, 0.1) is 19.3 Å². The van der Waals surface area contributed by atoms with Gasteiger partial charge in [-0.2, -0.15) is 0 Å². The smallest absolute Gasteiger partial charge is 0.145 e. The first kappa shape index (κ1) is 10.5. The van der Waals surface area contributed by atoms with Gasteiger partial charge in [0.15, 0.2) is 0 Å². The highest BCUT2D eigenvalue weighted by Crippen LogP contribution is 2.24. The van der Waals surface area contributed by atoms with Crippen LogP contribution in [0.1, 0.15) is 24.2 Å².